The first-order chi connectivity index (χ1) is 18.5. The number of carbonyl (C=O) groups is 1. The summed E-state index contributed by atoms with van der Waals surface area (Å²) in [4.78, 5) is 17.2. The third-order valence-corrected chi connectivity index (χ3v) is 7.12. The molecule has 6 rings (SSSR count). The maximum atomic E-state index is 13.7. The standard InChI is InChI=1S/C28H26F3N5O2/c29-18-5-7-36-24(13-33-26(36)10-18)21-3-4-23(27-22(21)12-34-28(27)37)35-19-1-2-20(16-6-8-38-15-16)17(9-19)11-32-14-25(30)31/h1-5,7,9-10,13,16,25,32,35H,6,8,11-12,14-15H2,(H,34,37)/t16-/m0/s1. The van der Waals surface area contributed by atoms with Crippen molar-refractivity contribution < 1.29 is 22.7 Å². The van der Waals surface area contributed by atoms with Crippen LogP contribution in [-0.4, -0.2) is 41.5 Å². The zero-order chi connectivity index (χ0) is 26.2. The molecule has 0 bridgehead atoms. The number of benzene rings is 2. The molecule has 2 aliphatic heterocycles. The van der Waals surface area contributed by atoms with Gasteiger partial charge in [0.05, 0.1) is 36.3 Å². The van der Waals surface area contributed by atoms with Crippen LogP contribution < -0.4 is 16.0 Å². The van der Waals surface area contributed by atoms with Crippen LogP contribution in [0.3, 0.4) is 0 Å². The maximum absolute atomic E-state index is 13.7. The zero-order valence-corrected chi connectivity index (χ0v) is 20.4. The van der Waals surface area contributed by atoms with E-state index in [0.29, 0.717) is 43.2 Å². The molecule has 1 fully saturated rings. The molecule has 0 spiro atoms. The van der Waals surface area contributed by atoms with Crippen molar-refractivity contribution in [2.75, 3.05) is 25.1 Å². The SMILES string of the molecule is O=C1NCc2c(-c3cnc4cc(F)ccn34)ccc(Nc3ccc([C@H]4CCOC4)c(CNCC(F)F)c3)c21. The Hall–Kier alpha value is -3.89. The highest BCUT2D eigenvalue weighted by Gasteiger charge is 2.27. The third-order valence-electron chi connectivity index (χ3n) is 7.12. The number of aromatic nitrogens is 2. The molecule has 0 aliphatic carbocycles. The van der Waals surface area contributed by atoms with E-state index >= 15 is 0 Å². The fourth-order valence-electron chi connectivity index (χ4n) is 5.33. The van der Waals surface area contributed by atoms with Gasteiger partial charge in [0.1, 0.15) is 11.5 Å². The molecular formula is C28H26F3N5O2. The normalized spacial score (nSPS) is 16.8. The van der Waals surface area contributed by atoms with E-state index in [1.807, 2.05) is 30.3 Å². The molecule has 3 N–H and O–H groups in total. The molecule has 196 valence electrons. The molecule has 2 aromatic carbocycles. The van der Waals surface area contributed by atoms with E-state index in [-0.39, 0.29) is 24.2 Å². The number of pyridine rings is 1. The van der Waals surface area contributed by atoms with Crippen LogP contribution in [0.15, 0.2) is 54.9 Å². The number of nitrogens with one attached hydrogen (secondary N) is 3. The number of imidazole rings is 1. The highest BCUT2D eigenvalue weighted by molar-refractivity contribution is 6.06. The van der Waals surface area contributed by atoms with Crippen molar-refractivity contribution >= 4 is 22.9 Å². The largest absolute Gasteiger partial charge is 0.381 e. The minimum atomic E-state index is -2.43. The van der Waals surface area contributed by atoms with Crippen molar-refractivity contribution in [3.05, 3.63) is 82.9 Å². The predicted molar refractivity (Wildman–Crippen MR) is 137 cm³/mol. The van der Waals surface area contributed by atoms with Crippen LogP contribution >= 0.6 is 0 Å². The van der Waals surface area contributed by atoms with Crippen LogP contribution in [0.1, 0.15) is 39.4 Å². The third kappa shape index (κ3) is 4.61. The van der Waals surface area contributed by atoms with Gasteiger partial charge in [0.2, 0.25) is 0 Å². The molecule has 1 saturated heterocycles. The second-order valence-electron chi connectivity index (χ2n) is 9.53. The first kappa shape index (κ1) is 24.4. The Balaban J connectivity index is 1.34. The fraction of sp³-hybridized carbons (Fsp3) is 0.286. The van der Waals surface area contributed by atoms with Gasteiger partial charge in [-0.2, -0.15) is 0 Å². The lowest BCUT2D eigenvalue weighted by Crippen LogP contribution is -2.22. The molecule has 2 aliphatic rings. The molecule has 0 unspecified atom stereocenters. The van der Waals surface area contributed by atoms with Crippen LogP contribution in [0.25, 0.3) is 16.9 Å². The Labute approximate surface area is 217 Å². The van der Waals surface area contributed by atoms with Crippen molar-refractivity contribution in [1.82, 2.24) is 20.0 Å². The summed E-state index contributed by atoms with van der Waals surface area (Å²) in [6.07, 6.45) is 1.75. The average Bonchev–Trinajstić information content (AvgIpc) is 3.65. The first-order valence-electron chi connectivity index (χ1n) is 12.5. The van der Waals surface area contributed by atoms with Crippen molar-refractivity contribution in [3.63, 3.8) is 0 Å². The van der Waals surface area contributed by atoms with E-state index in [2.05, 4.69) is 20.9 Å². The molecule has 4 heterocycles. The number of anilines is 2. The molecule has 10 heteroatoms. The van der Waals surface area contributed by atoms with Gasteiger partial charge in [-0.05, 0) is 47.4 Å². The highest BCUT2D eigenvalue weighted by Crippen LogP contribution is 2.36. The summed E-state index contributed by atoms with van der Waals surface area (Å²) in [7, 11) is 0. The summed E-state index contributed by atoms with van der Waals surface area (Å²) >= 11 is 0. The van der Waals surface area contributed by atoms with E-state index in [1.54, 1.807) is 16.8 Å². The molecule has 4 aromatic rings. The van der Waals surface area contributed by atoms with Gasteiger partial charge < -0.3 is 20.7 Å². The average molecular weight is 522 g/mol. The highest BCUT2D eigenvalue weighted by atomic mass is 19.3. The second kappa shape index (κ2) is 10.1. The Kier molecular flexibility index (Phi) is 6.50. The number of halogens is 3. The van der Waals surface area contributed by atoms with E-state index in [1.165, 1.54) is 12.1 Å². The predicted octanol–water partition coefficient (Wildman–Crippen LogP) is 4.99. The summed E-state index contributed by atoms with van der Waals surface area (Å²) in [6.45, 7) is 1.57. The topological polar surface area (TPSA) is 79.7 Å². The number of hydrogen-bond donors (Lipinski definition) is 3. The van der Waals surface area contributed by atoms with E-state index in [9.17, 15) is 18.0 Å². The smallest absolute Gasteiger partial charge is 0.254 e. The molecule has 1 atom stereocenters. The van der Waals surface area contributed by atoms with Gasteiger partial charge >= 0.3 is 0 Å². The molecule has 38 heavy (non-hydrogen) atoms. The number of ether oxygens (including phenoxy) is 1. The van der Waals surface area contributed by atoms with Crippen LogP contribution in [0.4, 0.5) is 24.5 Å². The van der Waals surface area contributed by atoms with Gasteiger partial charge in [-0.1, -0.05) is 12.1 Å². The Bertz CT molecular complexity index is 1510. The molecule has 1 amide bonds. The number of fused-ring (bicyclic) bond motifs is 2. The van der Waals surface area contributed by atoms with Gasteiger partial charge in [-0.3, -0.25) is 9.20 Å². The molecule has 2 aromatic heterocycles. The van der Waals surface area contributed by atoms with Gasteiger partial charge in [0.25, 0.3) is 12.3 Å². The molecule has 7 nitrogen and oxygen atoms in total. The fourth-order valence-corrected chi connectivity index (χ4v) is 5.33. The minimum absolute atomic E-state index is 0.192. The number of alkyl halides is 2. The van der Waals surface area contributed by atoms with Gasteiger partial charge in [-0.25, -0.2) is 18.2 Å². The molecule has 0 saturated carbocycles. The van der Waals surface area contributed by atoms with Gasteiger partial charge in [-0.15, -0.1) is 0 Å². The van der Waals surface area contributed by atoms with E-state index in [4.69, 9.17) is 4.74 Å². The number of rotatable bonds is 8. The van der Waals surface area contributed by atoms with Crippen LogP contribution in [0.5, 0.6) is 0 Å². The second-order valence-corrected chi connectivity index (χ2v) is 9.53. The Morgan fingerprint density at radius 3 is 2.89 bits per heavy atom. The number of amides is 1. The lowest BCUT2D eigenvalue weighted by Gasteiger charge is -2.18. The van der Waals surface area contributed by atoms with Gasteiger partial charge in [0.15, 0.2) is 0 Å². The number of hydrogen-bond acceptors (Lipinski definition) is 5. The monoisotopic (exact) mass is 521 g/mol. The van der Waals surface area contributed by atoms with E-state index in [0.717, 1.165) is 40.1 Å². The van der Waals surface area contributed by atoms with Crippen molar-refractivity contribution in [1.29, 1.82) is 0 Å². The summed E-state index contributed by atoms with van der Waals surface area (Å²) < 4.78 is 46.5. The summed E-state index contributed by atoms with van der Waals surface area (Å²) in [5.41, 5.74) is 6.82. The first-order valence-corrected chi connectivity index (χ1v) is 12.5. The van der Waals surface area contributed by atoms with Crippen molar-refractivity contribution in [2.24, 2.45) is 0 Å². The van der Waals surface area contributed by atoms with Crippen LogP contribution in [0, 0.1) is 5.82 Å². The van der Waals surface area contributed by atoms with Gasteiger partial charge in [0, 0.05) is 49.1 Å². The maximum Gasteiger partial charge on any atom is 0.254 e. The Morgan fingerprint density at radius 2 is 2.08 bits per heavy atom. The number of carbonyl (C=O) groups excluding carboxylic acids is 1. The molecule has 0 radical (unpaired) electrons. The van der Waals surface area contributed by atoms with Crippen molar-refractivity contribution in [3.8, 4) is 11.3 Å². The summed E-state index contributed by atoms with van der Waals surface area (Å²) in [5.74, 6) is -0.338. The lowest BCUT2D eigenvalue weighted by molar-refractivity contribution is 0.0966. The quantitative estimate of drug-likeness (QED) is 0.305. The summed E-state index contributed by atoms with van der Waals surface area (Å²) in [5, 5.41) is 9.10. The molecular weight excluding hydrogens is 495 g/mol. The van der Waals surface area contributed by atoms with E-state index < -0.39 is 6.43 Å². The minimum Gasteiger partial charge on any atom is -0.381 e. The van der Waals surface area contributed by atoms with Crippen LogP contribution in [0.2, 0.25) is 0 Å². The summed E-state index contributed by atoms with van der Waals surface area (Å²) in [6, 6.07) is 12.4. The number of nitrogens with zero attached hydrogens (tertiary/aromatic N) is 2. The zero-order valence-electron chi connectivity index (χ0n) is 20.4. The van der Waals surface area contributed by atoms with Crippen LogP contribution in [-0.2, 0) is 17.8 Å². The Morgan fingerprint density at radius 1 is 1.18 bits per heavy atom. The van der Waals surface area contributed by atoms with Crippen molar-refractivity contribution in [2.45, 2.75) is 31.9 Å². The lowest BCUT2D eigenvalue weighted by atomic mass is 9.93.